The maximum Gasteiger partial charge on any atom is 0.128 e. The summed E-state index contributed by atoms with van der Waals surface area (Å²) in [5.74, 6) is 0.217. The van der Waals surface area contributed by atoms with Crippen LogP contribution in [0.3, 0.4) is 0 Å². The largest absolute Gasteiger partial charge is 0.497 e. The van der Waals surface area contributed by atoms with Gasteiger partial charge in [0, 0.05) is 23.9 Å². The van der Waals surface area contributed by atoms with E-state index in [4.69, 9.17) is 4.74 Å². The molecule has 1 atom stereocenters. The Balaban J connectivity index is 2.15. The number of anilines is 1. The molecule has 4 heteroatoms. The average Bonchev–Trinajstić information content (AvgIpc) is 2.81. The van der Waals surface area contributed by atoms with Crippen molar-refractivity contribution in [1.29, 1.82) is 0 Å². The van der Waals surface area contributed by atoms with Crippen LogP contribution in [0.2, 0.25) is 0 Å². The summed E-state index contributed by atoms with van der Waals surface area (Å²) in [5, 5.41) is 7.35. The summed E-state index contributed by atoms with van der Waals surface area (Å²) in [4.78, 5) is 0. The average molecular weight is 251 g/mol. The van der Waals surface area contributed by atoms with E-state index in [2.05, 4.69) is 16.8 Å². The second-order valence-corrected chi connectivity index (χ2v) is 4.58. The van der Waals surface area contributed by atoms with Gasteiger partial charge in [-0.1, -0.05) is 0 Å². The Labute approximate surface area is 104 Å². The first-order valence-corrected chi connectivity index (χ1v) is 6.26. The molecule has 17 heavy (non-hydrogen) atoms. The van der Waals surface area contributed by atoms with Gasteiger partial charge < -0.3 is 10.1 Å². The molecule has 0 saturated heterocycles. The van der Waals surface area contributed by atoms with Gasteiger partial charge in [0.2, 0.25) is 0 Å². The van der Waals surface area contributed by atoms with Gasteiger partial charge in [0.25, 0.3) is 0 Å². The molecule has 0 bridgehead atoms. The van der Waals surface area contributed by atoms with Crippen molar-refractivity contribution >= 4 is 17.0 Å². The number of rotatable bonds is 4. The monoisotopic (exact) mass is 251 g/mol. The van der Waals surface area contributed by atoms with Crippen LogP contribution in [-0.4, -0.2) is 7.11 Å². The Morgan fingerprint density at radius 2 is 2.18 bits per heavy atom. The summed E-state index contributed by atoms with van der Waals surface area (Å²) in [7, 11) is 1.53. The van der Waals surface area contributed by atoms with E-state index >= 15 is 0 Å². The zero-order chi connectivity index (χ0) is 12.3. The van der Waals surface area contributed by atoms with E-state index in [1.165, 1.54) is 24.8 Å². The minimum absolute atomic E-state index is 0.146. The maximum absolute atomic E-state index is 13.3. The molecule has 2 aromatic rings. The molecule has 2 rings (SSSR count). The second kappa shape index (κ2) is 5.19. The fourth-order valence-corrected chi connectivity index (χ4v) is 2.37. The van der Waals surface area contributed by atoms with E-state index in [1.807, 2.05) is 12.3 Å². The van der Waals surface area contributed by atoms with Gasteiger partial charge in [0.05, 0.1) is 7.11 Å². The Morgan fingerprint density at radius 3 is 2.82 bits per heavy atom. The number of benzene rings is 1. The van der Waals surface area contributed by atoms with Crippen molar-refractivity contribution in [2.24, 2.45) is 0 Å². The van der Waals surface area contributed by atoms with E-state index in [1.54, 1.807) is 17.4 Å². The normalized spacial score (nSPS) is 12.2. The molecule has 1 aromatic heterocycles. The molecule has 2 nitrogen and oxygen atoms in total. The quantitative estimate of drug-likeness (QED) is 0.884. The van der Waals surface area contributed by atoms with Gasteiger partial charge in [0.15, 0.2) is 0 Å². The lowest BCUT2D eigenvalue weighted by atomic mass is 10.1. The van der Waals surface area contributed by atoms with Crippen LogP contribution in [0, 0.1) is 5.82 Å². The van der Waals surface area contributed by atoms with E-state index < -0.39 is 0 Å². The van der Waals surface area contributed by atoms with Crippen molar-refractivity contribution < 1.29 is 9.13 Å². The van der Waals surface area contributed by atoms with Crippen LogP contribution in [0.1, 0.15) is 18.5 Å². The molecular formula is C13H14FNOS. The molecule has 0 spiro atoms. The van der Waals surface area contributed by atoms with Crippen molar-refractivity contribution in [2.75, 3.05) is 12.4 Å². The molecule has 0 aliphatic carbocycles. The lowest BCUT2D eigenvalue weighted by Crippen LogP contribution is -2.05. The minimum Gasteiger partial charge on any atom is -0.497 e. The van der Waals surface area contributed by atoms with Crippen molar-refractivity contribution in [2.45, 2.75) is 13.0 Å². The molecule has 0 radical (unpaired) electrons. The molecule has 0 fully saturated rings. The van der Waals surface area contributed by atoms with Crippen LogP contribution >= 0.6 is 11.3 Å². The molecule has 90 valence electrons. The van der Waals surface area contributed by atoms with E-state index in [9.17, 15) is 4.39 Å². The Hall–Kier alpha value is -1.55. The molecule has 0 aliphatic heterocycles. The van der Waals surface area contributed by atoms with Crippen LogP contribution in [0.15, 0.2) is 35.0 Å². The van der Waals surface area contributed by atoms with Crippen LogP contribution in [0.4, 0.5) is 10.1 Å². The predicted octanol–water partition coefficient (Wildman–Crippen LogP) is 4.07. The van der Waals surface area contributed by atoms with Gasteiger partial charge in [-0.3, -0.25) is 0 Å². The molecule has 0 amide bonds. The van der Waals surface area contributed by atoms with Crippen molar-refractivity contribution in [3.8, 4) is 5.75 Å². The molecular weight excluding hydrogens is 237 g/mol. The van der Waals surface area contributed by atoms with Crippen molar-refractivity contribution in [1.82, 2.24) is 0 Å². The Morgan fingerprint density at radius 1 is 1.35 bits per heavy atom. The van der Waals surface area contributed by atoms with Gasteiger partial charge in [-0.15, -0.1) is 0 Å². The summed E-state index contributed by atoms with van der Waals surface area (Å²) in [5.41, 5.74) is 1.92. The standard InChI is InChI=1S/C13H14FNOS/c1-9(10-3-4-17-8-10)15-12-5-11(14)6-13(7-12)16-2/h3-9,15H,1-2H3. The van der Waals surface area contributed by atoms with Crippen molar-refractivity contribution in [3.05, 3.63) is 46.4 Å². The zero-order valence-corrected chi connectivity index (χ0v) is 10.6. The number of nitrogens with one attached hydrogen (secondary N) is 1. The number of hydrogen-bond donors (Lipinski definition) is 1. The summed E-state index contributed by atoms with van der Waals surface area (Å²) in [6, 6.07) is 6.81. The van der Waals surface area contributed by atoms with Gasteiger partial charge >= 0.3 is 0 Å². The molecule has 1 heterocycles. The smallest absolute Gasteiger partial charge is 0.128 e. The van der Waals surface area contributed by atoms with Crippen LogP contribution < -0.4 is 10.1 Å². The summed E-state index contributed by atoms with van der Waals surface area (Å²) < 4.78 is 18.3. The Kier molecular flexibility index (Phi) is 3.64. The van der Waals surface area contributed by atoms with Crippen LogP contribution in [0.5, 0.6) is 5.75 Å². The molecule has 0 saturated carbocycles. The minimum atomic E-state index is -0.302. The lowest BCUT2D eigenvalue weighted by molar-refractivity contribution is 0.411. The maximum atomic E-state index is 13.3. The number of thiophene rings is 1. The second-order valence-electron chi connectivity index (χ2n) is 3.80. The van der Waals surface area contributed by atoms with Gasteiger partial charge in [-0.05, 0) is 35.4 Å². The van der Waals surface area contributed by atoms with Crippen LogP contribution in [0.25, 0.3) is 0 Å². The number of hydrogen-bond acceptors (Lipinski definition) is 3. The number of halogens is 1. The third-order valence-corrected chi connectivity index (χ3v) is 3.23. The fraction of sp³-hybridized carbons (Fsp3) is 0.231. The predicted molar refractivity (Wildman–Crippen MR) is 69.3 cm³/mol. The Bertz CT molecular complexity index is 484. The third-order valence-electron chi connectivity index (χ3n) is 2.53. The topological polar surface area (TPSA) is 21.3 Å². The lowest BCUT2D eigenvalue weighted by Gasteiger charge is -2.15. The zero-order valence-electron chi connectivity index (χ0n) is 9.74. The summed E-state index contributed by atoms with van der Waals surface area (Å²) >= 11 is 1.65. The van der Waals surface area contributed by atoms with E-state index in [0.29, 0.717) is 5.75 Å². The first kappa shape index (κ1) is 11.9. The first-order chi connectivity index (χ1) is 8.19. The molecule has 1 N–H and O–H groups in total. The highest BCUT2D eigenvalue weighted by molar-refractivity contribution is 7.07. The molecule has 1 aromatic carbocycles. The fourth-order valence-electron chi connectivity index (χ4n) is 1.62. The molecule has 1 unspecified atom stereocenters. The van der Waals surface area contributed by atoms with Gasteiger partial charge in [-0.25, -0.2) is 4.39 Å². The summed E-state index contributed by atoms with van der Waals surface area (Å²) in [6.07, 6.45) is 0. The summed E-state index contributed by atoms with van der Waals surface area (Å²) in [6.45, 7) is 2.04. The first-order valence-electron chi connectivity index (χ1n) is 5.32. The number of ether oxygens (including phenoxy) is 1. The van der Waals surface area contributed by atoms with E-state index in [0.717, 1.165) is 5.69 Å². The van der Waals surface area contributed by atoms with E-state index in [-0.39, 0.29) is 11.9 Å². The van der Waals surface area contributed by atoms with Gasteiger partial charge in [-0.2, -0.15) is 11.3 Å². The van der Waals surface area contributed by atoms with Crippen molar-refractivity contribution in [3.63, 3.8) is 0 Å². The SMILES string of the molecule is COc1cc(F)cc(NC(C)c2ccsc2)c1. The highest BCUT2D eigenvalue weighted by Crippen LogP contribution is 2.25. The van der Waals surface area contributed by atoms with Crippen LogP contribution in [-0.2, 0) is 0 Å². The highest BCUT2D eigenvalue weighted by atomic mass is 32.1. The van der Waals surface area contributed by atoms with Gasteiger partial charge in [0.1, 0.15) is 11.6 Å². The number of methoxy groups -OCH3 is 1. The highest BCUT2D eigenvalue weighted by Gasteiger charge is 2.07. The molecule has 0 aliphatic rings. The third kappa shape index (κ3) is 2.97.